The fourth-order valence-corrected chi connectivity index (χ4v) is 2.56. The van der Waals surface area contributed by atoms with Crippen LogP contribution < -0.4 is 16.8 Å². The zero-order valence-electron chi connectivity index (χ0n) is 13.9. The second-order valence-electron chi connectivity index (χ2n) is 6.68. The van der Waals surface area contributed by atoms with Crippen LogP contribution in [-0.2, 0) is 0 Å². The summed E-state index contributed by atoms with van der Waals surface area (Å²) in [6.07, 6.45) is 3.03. The van der Waals surface area contributed by atoms with Crippen molar-refractivity contribution in [3.8, 4) is 11.1 Å². The Balaban J connectivity index is 2.25. The smallest absolute Gasteiger partial charge is 0.253 e. The Bertz CT molecular complexity index is 905. The van der Waals surface area contributed by atoms with E-state index in [0.717, 1.165) is 5.56 Å². The molecule has 1 amide bonds. The van der Waals surface area contributed by atoms with Crippen LogP contribution in [0, 0.1) is 0 Å². The Hall–Kier alpha value is -3.09. The van der Waals surface area contributed by atoms with E-state index >= 15 is 0 Å². The number of hydrogen-bond donors (Lipinski definition) is 3. The fraction of sp³-hybridized carbons (Fsp3) is 0.235. The van der Waals surface area contributed by atoms with Gasteiger partial charge >= 0.3 is 0 Å². The van der Waals surface area contributed by atoms with Gasteiger partial charge in [-0.2, -0.15) is 5.10 Å². The van der Waals surface area contributed by atoms with Gasteiger partial charge in [0.15, 0.2) is 5.82 Å². The topological polar surface area (TPSA) is 111 Å². The number of anilines is 2. The van der Waals surface area contributed by atoms with Crippen molar-refractivity contribution in [2.75, 3.05) is 11.5 Å². The van der Waals surface area contributed by atoms with Crippen LogP contribution in [0.15, 0.2) is 36.8 Å². The lowest BCUT2D eigenvalue weighted by Crippen LogP contribution is -2.40. The molecule has 0 saturated heterocycles. The number of nitrogen functional groups attached to an aromatic ring is 2. The van der Waals surface area contributed by atoms with E-state index in [1.165, 1.54) is 6.33 Å². The Morgan fingerprint density at radius 2 is 1.83 bits per heavy atom. The highest BCUT2D eigenvalue weighted by molar-refractivity contribution is 6.07. The quantitative estimate of drug-likeness (QED) is 0.625. The van der Waals surface area contributed by atoms with Crippen molar-refractivity contribution >= 4 is 22.9 Å². The van der Waals surface area contributed by atoms with E-state index in [1.54, 1.807) is 22.8 Å². The second-order valence-corrected chi connectivity index (χ2v) is 6.68. The van der Waals surface area contributed by atoms with Crippen molar-refractivity contribution in [3.63, 3.8) is 0 Å². The predicted octanol–water partition coefficient (Wildman–Crippen LogP) is 2.09. The zero-order chi connectivity index (χ0) is 17.5. The van der Waals surface area contributed by atoms with Crippen LogP contribution in [0.1, 0.15) is 31.1 Å². The molecule has 7 heteroatoms. The van der Waals surface area contributed by atoms with Crippen LogP contribution in [0.25, 0.3) is 16.6 Å². The van der Waals surface area contributed by atoms with Crippen molar-refractivity contribution in [3.05, 3.63) is 42.4 Å². The lowest BCUT2D eigenvalue weighted by Gasteiger charge is -2.20. The molecule has 3 aromatic rings. The summed E-state index contributed by atoms with van der Waals surface area (Å²) in [6.45, 7) is 5.78. The van der Waals surface area contributed by atoms with Gasteiger partial charge in [-0.3, -0.25) is 4.79 Å². The average molecular weight is 324 g/mol. The molecule has 2 heterocycles. The van der Waals surface area contributed by atoms with Gasteiger partial charge in [0.25, 0.3) is 5.91 Å². The normalized spacial score (nSPS) is 11.6. The van der Waals surface area contributed by atoms with E-state index in [0.29, 0.717) is 28.1 Å². The van der Waals surface area contributed by atoms with Crippen molar-refractivity contribution in [1.82, 2.24) is 19.9 Å². The first-order chi connectivity index (χ1) is 11.3. The first kappa shape index (κ1) is 15.8. The van der Waals surface area contributed by atoms with Crippen LogP contribution >= 0.6 is 0 Å². The first-order valence-corrected chi connectivity index (χ1v) is 7.56. The number of nitrogens with one attached hydrogen (secondary N) is 1. The lowest BCUT2D eigenvalue weighted by atomic mass is 10.0. The van der Waals surface area contributed by atoms with Gasteiger partial charge in [-0.25, -0.2) is 9.50 Å². The number of benzene rings is 1. The van der Waals surface area contributed by atoms with Crippen molar-refractivity contribution in [1.29, 1.82) is 0 Å². The van der Waals surface area contributed by atoms with Crippen LogP contribution in [0.3, 0.4) is 0 Å². The van der Waals surface area contributed by atoms with Crippen LogP contribution in [0.5, 0.6) is 0 Å². The van der Waals surface area contributed by atoms with Crippen LogP contribution in [0.2, 0.25) is 0 Å². The maximum absolute atomic E-state index is 12.8. The molecule has 0 bridgehead atoms. The van der Waals surface area contributed by atoms with Gasteiger partial charge in [0.05, 0.1) is 5.56 Å². The molecule has 3 rings (SSSR count). The second kappa shape index (κ2) is 5.52. The van der Waals surface area contributed by atoms with E-state index in [-0.39, 0.29) is 11.4 Å². The highest BCUT2D eigenvalue weighted by Gasteiger charge is 2.24. The molecule has 124 valence electrons. The van der Waals surface area contributed by atoms with E-state index in [4.69, 9.17) is 11.5 Å². The number of nitrogens with zero attached hydrogens (tertiary/aromatic N) is 3. The molecule has 7 nitrogen and oxygen atoms in total. The first-order valence-electron chi connectivity index (χ1n) is 7.56. The van der Waals surface area contributed by atoms with Gasteiger partial charge in [-0.15, -0.1) is 0 Å². The molecule has 0 fully saturated rings. The molecule has 0 unspecified atom stereocenters. The van der Waals surface area contributed by atoms with E-state index in [2.05, 4.69) is 15.4 Å². The summed E-state index contributed by atoms with van der Waals surface area (Å²) in [5.41, 5.74) is 14.7. The third-order valence-electron chi connectivity index (χ3n) is 3.53. The standard InChI is InChI=1S/C17H20N6O/c1-17(2,3)22-16(24)12-8-23-14(15(19)20-9-21-23)13(12)10-4-6-11(18)7-5-10/h4-9H,18H2,1-3H3,(H,22,24)(H2,19,20,21). The Morgan fingerprint density at radius 3 is 2.46 bits per heavy atom. The molecular formula is C17H20N6O. The molecule has 0 aliphatic carbocycles. The minimum absolute atomic E-state index is 0.195. The van der Waals surface area contributed by atoms with E-state index in [9.17, 15) is 4.79 Å². The highest BCUT2D eigenvalue weighted by atomic mass is 16.1. The molecule has 0 saturated carbocycles. The summed E-state index contributed by atoms with van der Waals surface area (Å²) in [7, 11) is 0. The van der Waals surface area contributed by atoms with Crippen molar-refractivity contribution in [2.24, 2.45) is 0 Å². The van der Waals surface area contributed by atoms with Gasteiger partial charge in [-0.05, 0) is 38.5 Å². The zero-order valence-corrected chi connectivity index (χ0v) is 13.9. The van der Waals surface area contributed by atoms with Gasteiger partial charge in [0.2, 0.25) is 0 Å². The third-order valence-corrected chi connectivity index (χ3v) is 3.53. The summed E-state index contributed by atoms with van der Waals surface area (Å²) in [5, 5.41) is 7.14. The summed E-state index contributed by atoms with van der Waals surface area (Å²) in [4.78, 5) is 16.8. The number of fused-ring (bicyclic) bond motifs is 1. The average Bonchev–Trinajstić information content (AvgIpc) is 2.87. The molecular weight excluding hydrogens is 304 g/mol. The van der Waals surface area contributed by atoms with Crippen LogP contribution in [-0.4, -0.2) is 26.0 Å². The monoisotopic (exact) mass is 324 g/mol. The fourth-order valence-electron chi connectivity index (χ4n) is 2.56. The number of amides is 1. The van der Waals surface area contributed by atoms with Gasteiger partial charge in [0.1, 0.15) is 11.8 Å². The molecule has 0 atom stereocenters. The summed E-state index contributed by atoms with van der Waals surface area (Å²) in [5.74, 6) is 0.117. The van der Waals surface area contributed by atoms with E-state index in [1.807, 2.05) is 32.9 Å². The number of nitrogens with two attached hydrogens (primary N) is 2. The van der Waals surface area contributed by atoms with E-state index < -0.39 is 0 Å². The Kier molecular flexibility index (Phi) is 3.63. The molecule has 0 spiro atoms. The summed E-state index contributed by atoms with van der Waals surface area (Å²) in [6, 6.07) is 7.27. The minimum Gasteiger partial charge on any atom is -0.399 e. The number of rotatable bonds is 2. The van der Waals surface area contributed by atoms with Gasteiger partial charge in [0, 0.05) is 23.0 Å². The Labute approximate surface area is 139 Å². The lowest BCUT2D eigenvalue weighted by molar-refractivity contribution is 0.0920. The molecule has 0 aliphatic rings. The number of carbonyl (C=O) groups is 1. The SMILES string of the molecule is CC(C)(C)NC(=O)c1cn2ncnc(N)c2c1-c1ccc(N)cc1. The maximum atomic E-state index is 12.8. The van der Waals surface area contributed by atoms with Gasteiger partial charge < -0.3 is 16.8 Å². The summed E-state index contributed by atoms with van der Waals surface area (Å²) >= 11 is 0. The summed E-state index contributed by atoms with van der Waals surface area (Å²) < 4.78 is 1.57. The predicted molar refractivity (Wildman–Crippen MR) is 94.5 cm³/mol. The third kappa shape index (κ3) is 2.88. The van der Waals surface area contributed by atoms with Crippen molar-refractivity contribution < 1.29 is 4.79 Å². The number of aromatic nitrogens is 3. The van der Waals surface area contributed by atoms with Crippen molar-refractivity contribution in [2.45, 2.75) is 26.3 Å². The molecule has 1 aromatic carbocycles. The maximum Gasteiger partial charge on any atom is 0.253 e. The molecule has 0 radical (unpaired) electrons. The molecule has 5 N–H and O–H groups in total. The number of hydrogen-bond acceptors (Lipinski definition) is 5. The van der Waals surface area contributed by atoms with Gasteiger partial charge in [-0.1, -0.05) is 12.1 Å². The Morgan fingerprint density at radius 1 is 1.17 bits per heavy atom. The molecule has 2 aromatic heterocycles. The minimum atomic E-state index is -0.360. The number of carbonyl (C=O) groups excluding carboxylic acids is 1. The molecule has 0 aliphatic heterocycles. The molecule has 24 heavy (non-hydrogen) atoms. The highest BCUT2D eigenvalue weighted by Crippen LogP contribution is 2.33. The largest absolute Gasteiger partial charge is 0.399 e. The van der Waals surface area contributed by atoms with Crippen LogP contribution in [0.4, 0.5) is 11.5 Å².